The number of halogens is 1. The average molecular weight is 503 g/mol. The molecule has 1 amide bonds. The summed E-state index contributed by atoms with van der Waals surface area (Å²) in [6, 6.07) is 14.1. The first-order chi connectivity index (χ1) is 15.7. The molecule has 174 valence electrons. The molecule has 0 fully saturated rings. The minimum Gasteiger partial charge on any atom is -0.497 e. The Kier molecular flexibility index (Phi) is 9.17. The number of methoxy groups -OCH3 is 1. The molecule has 0 atom stereocenters. The molecule has 0 aliphatic heterocycles. The van der Waals surface area contributed by atoms with Gasteiger partial charge in [-0.15, -0.1) is 24.2 Å². The highest BCUT2D eigenvalue weighted by Crippen LogP contribution is 2.31. The number of carbonyl (C=O) groups excluding carboxylic acids is 1. The van der Waals surface area contributed by atoms with E-state index in [4.69, 9.17) is 9.72 Å². The fraction of sp³-hybridized carbons (Fsp3) is 0.292. The third-order valence-electron chi connectivity index (χ3n) is 5.16. The van der Waals surface area contributed by atoms with Crippen LogP contribution in [-0.4, -0.2) is 39.8 Å². The first-order valence-corrected chi connectivity index (χ1v) is 12.4. The van der Waals surface area contributed by atoms with Crippen molar-refractivity contribution in [2.24, 2.45) is 0 Å². The lowest BCUT2D eigenvalue weighted by molar-refractivity contribution is -0.116. The van der Waals surface area contributed by atoms with Gasteiger partial charge in [-0.1, -0.05) is 24.3 Å². The van der Waals surface area contributed by atoms with E-state index >= 15 is 0 Å². The molecule has 0 spiro atoms. The molecule has 0 unspecified atom stereocenters. The Morgan fingerprint density at radius 2 is 2.03 bits per heavy atom. The second-order valence-corrected chi connectivity index (χ2v) is 9.37. The molecule has 0 bridgehead atoms. The van der Waals surface area contributed by atoms with Crippen LogP contribution in [0.25, 0.3) is 10.2 Å². The predicted octanol–water partition coefficient (Wildman–Crippen LogP) is 5.70. The number of rotatable bonds is 10. The molecule has 9 heteroatoms. The lowest BCUT2D eigenvalue weighted by atomic mass is 10.2. The van der Waals surface area contributed by atoms with Gasteiger partial charge in [0.1, 0.15) is 5.75 Å². The maximum absolute atomic E-state index is 13.3. The van der Waals surface area contributed by atoms with Crippen LogP contribution in [0.1, 0.15) is 18.9 Å². The van der Waals surface area contributed by atoms with E-state index in [1.807, 2.05) is 39.9 Å². The van der Waals surface area contributed by atoms with Gasteiger partial charge in [0, 0.05) is 30.4 Å². The summed E-state index contributed by atoms with van der Waals surface area (Å²) >= 11 is 3.12. The van der Waals surface area contributed by atoms with Crippen molar-refractivity contribution in [2.75, 3.05) is 24.3 Å². The van der Waals surface area contributed by atoms with Crippen LogP contribution in [0.3, 0.4) is 0 Å². The van der Waals surface area contributed by atoms with Gasteiger partial charge in [-0.25, -0.2) is 9.97 Å². The Morgan fingerprint density at radius 1 is 1.21 bits per heavy atom. The van der Waals surface area contributed by atoms with Crippen molar-refractivity contribution in [2.45, 2.75) is 31.2 Å². The zero-order chi connectivity index (χ0) is 22.3. The third kappa shape index (κ3) is 6.50. The number of anilines is 1. The minimum atomic E-state index is 0. The zero-order valence-electron chi connectivity index (χ0n) is 18.6. The van der Waals surface area contributed by atoms with E-state index in [-0.39, 0.29) is 18.3 Å². The number of aryl methyl sites for hydroxylation is 2. The second kappa shape index (κ2) is 12.1. The number of amides is 1. The summed E-state index contributed by atoms with van der Waals surface area (Å²) in [4.78, 5) is 25.0. The van der Waals surface area contributed by atoms with Gasteiger partial charge < -0.3 is 9.30 Å². The van der Waals surface area contributed by atoms with Gasteiger partial charge in [0.15, 0.2) is 5.13 Å². The summed E-state index contributed by atoms with van der Waals surface area (Å²) in [5.41, 5.74) is 2.22. The van der Waals surface area contributed by atoms with Crippen molar-refractivity contribution in [1.82, 2.24) is 14.5 Å². The molecule has 0 saturated carbocycles. The van der Waals surface area contributed by atoms with Crippen LogP contribution in [0.4, 0.5) is 5.13 Å². The van der Waals surface area contributed by atoms with E-state index < -0.39 is 0 Å². The van der Waals surface area contributed by atoms with Crippen molar-refractivity contribution >= 4 is 56.8 Å². The largest absolute Gasteiger partial charge is 0.497 e. The Labute approximate surface area is 208 Å². The molecular weight excluding hydrogens is 476 g/mol. The second-order valence-electron chi connectivity index (χ2n) is 7.32. The fourth-order valence-electron chi connectivity index (χ4n) is 3.34. The van der Waals surface area contributed by atoms with Crippen molar-refractivity contribution in [1.29, 1.82) is 0 Å². The summed E-state index contributed by atoms with van der Waals surface area (Å²) in [7, 11) is 1.65. The summed E-state index contributed by atoms with van der Waals surface area (Å²) in [6.45, 7) is 3.56. The van der Waals surface area contributed by atoms with Gasteiger partial charge in [-0.3, -0.25) is 9.69 Å². The van der Waals surface area contributed by atoms with E-state index in [2.05, 4.69) is 30.1 Å². The number of hydrogen-bond acceptors (Lipinski definition) is 6. The molecule has 6 nitrogen and oxygen atoms in total. The van der Waals surface area contributed by atoms with Crippen LogP contribution < -0.4 is 9.64 Å². The Morgan fingerprint density at radius 3 is 2.73 bits per heavy atom. The number of fused-ring (bicyclic) bond motifs is 1. The van der Waals surface area contributed by atoms with Gasteiger partial charge in [0.05, 0.1) is 29.4 Å². The highest BCUT2D eigenvalue weighted by molar-refractivity contribution is 8.00. The Bertz CT molecular complexity index is 1160. The smallest absolute Gasteiger partial charge is 0.239 e. The number of imidazole rings is 1. The number of thioether (sulfide) groups is 1. The molecule has 0 N–H and O–H groups in total. The Hall–Kier alpha value is -2.55. The van der Waals surface area contributed by atoms with Crippen molar-refractivity contribution in [3.63, 3.8) is 0 Å². The van der Waals surface area contributed by atoms with Gasteiger partial charge in [0.2, 0.25) is 5.91 Å². The van der Waals surface area contributed by atoms with Crippen LogP contribution in [0.5, 0.6) is 5.75 Å². The zero-order valence-corrected chi connectivity index (χ0v) is 21.1. The maximum atomic E-state index is 13.3. The van der Waals surface area contributed by atoms with Gasteiger partial charge >= 0.3 is 0 Å². The van der Waals surface area contributed by atoms with Crippen LogP contribution >= 0.6 is 35.5 Å². The Balaban J connectivity index is 0.00000306. The van der Waals surface area contributed by atoms with Gasteiger partial charge in [-0.05, 0) is 54.8 Å². The number of aromatic nitrogens is 3. The van der Waals surface area contributed by atoms with Crippen LogP contribution in [0, 0.1) is 0 Å². The van der Waals surface area contributed by atoms with E-state index in [1.54, 1.807) is 31.0 Å². The van der Waals surface area contributed by atoms with Crippen molar-refractivity contribution in [3.05, 3.63) is 66.7 Å². The van der Waals surface area contributed by atoms with E-state index in [9.17, 15) is 4.79 Å². The predicted molar refractivity (Wildman–Crippen MR) is 139 cm³/mol. The molecule has 2 aromatic carbocycles. The highest BCUT2D eigenvalue weighted by atomic mass is 35.5. The first-order valence-electron chi connectivity index (χ1n) is 10.6. The van der Waals surface area contributed by atoms with E-state index in [1.165, 1.54) is 17.3 Å². The monoisotopic (exact) mass is 502 g/mol. The maximum Gasteiger partial charge on any atom is 0.239 e. The average Bonchev–Trinajstić information content (AvgIpc) is 3.49. The third-order valence-corrected chi connectivity index (χ3v) is 7.20. The van der Waals surface area contributed by atoms with Crippen LogP contribution in [-0.2, 0) is 17.8 Å². The molecule has 0 aliphatic carbocycles. The van der Waals surface area contributed by atoms with Gasteiger partial charge in [-0.2, -0.15) is 0 Å². The quantitative estimate of drug-likeness (QED) is 0.260. The molecule has 0 saturated heterocycles. The standard InChI is InChI=1S/C24H26N4O2S2.ClH/c1-3-18-5-10-21-22(15-18)32-24(26-21)28(13-4-12-27-14-11-25-17-27)23(29)16-31-20-8-6-19(30-2)7-9-20;/h5-11,14-15,17H,3-4,12-13,16H2,1-2H3;1H. The highest BCUT2D eigenvalue weighted by Gasteiger charge is 2.20. The molecule has 4 aromatic rings. The summed E-state index contributed by atoms with van der Waals surface area (Å²) in [6.07, 6.45) is 7.32. The normalized spacial score (nSPS) is 10.7. The molecule has 0 aliphatic rings. The van der Waals surface area contributed by atoms with Crippen LogP contribution in [0.15, 0.2) is 66.1 Å². The molecule has 2 heterocycles. The lowest BCUT2D eigenvalue weighted by Gasteiger charge is -2.20. The van der Waals surface area contributed by atoms with E-state index in [0.717, 1.165) is 45.4 Å². The number of carbonyl (C=O) groups is 1. The number of benzene rings is 2. The van der Waals surface area contributed by atoms with Crippen LogP contribution in [0.2, 0.25) is 0 Å². The molecule has 0 radical (unpaired) electrons. The lowest BCUT2D eigenvalue weighted by Crippen LogP contribution is -2.33. The minimum absolute atomic E-state index is 0. The van der Waals surface area contributed by atoms with E-state index in [0.29, 0.717) is 12.3 Å². The summed E-state index contributed by atoms with van der Waals surface area (Å²) < 4.78 is 8.36. The number of hydrogen-bond donors (Lipinski definition) is 0. The summed E-state index contributed by atoms with van der Waals surface area (Å²) in [5, 5.41) is 0.763. The number of thiazole rings is 1. The molecular formula is C24H27ClN4O2S2. The SMILES string of the molecule is CCc1ccc2nc(N(CCCn3ccnc3)C(=O)CSc3ccc(OC)cc3)sc2c1.Cl. The molecule has 4 rings (SSSR count). The fourth-order valence-corrected chi connectivity index (χ4v) is 5.19. The molecule has 33 heavy (non-hydrogen) atoms. The molecule has 2 aromatic heterocycles. The topological polar surface area (TPSA) is 60.2 Å². The number of ether oxygens (including phenoxy) is 1. The van der Waals surface area contributed by atoms with Crippen molar-refractivity contribution < 1.29 is 9.53 Å². The summed E-state index contributed by atoms with van der Waals surface area (Å²) in [5.74, 6) is 1.22. The van der Waals surface area contributed by atoms with Crippen molar-refractivity contribution in [3.8, 4) is 5.75 Å². The number of nitrogens with zero attached hydrogens (tertiary/aromatic N) is 4. The van der Waals surface area contributed by atoms with Gasteiger partial charge in [0.25, 0.3) is 0 Å². The first kappa shape index (κ1) is 25.1.